The van der Waals surface area contributed by atoms with E-state index in [1.54, 1.807) is 9.47 Å². The van der Waals surface area contributed by atoms with E-state index in [9.17, 15) is 19.2 Å². The summed E-state index contributed by atoms with van der Waals surface area (Å²) >= 11 is 0. The lowest BCUT2D eigenvalue weighted by Gasteiger charge is -2.34. The molecule has 2 aliphatic rings. The summed E-state index contributed by atoms with van der Waals surface area (Å²) < 4.78 is 1.79. The number of hydrogen-bond donors (Lipinski definition) is 1. The average molecular weight is 471 g/mol. The first-order valence-electron chi connectivity index (χ1n) is 11.7. The summed E-state index contributed by atoms with van der Waals surface area (Å²) in [5.74, 6) is -1.26. The van der Waals surface area contributed by atoms with Crippen molar-refractivity contribution < 1.29 is 14.4 Å². The van der Waals surface area contributed by atoms with Gasteiger partial charge in [-0.05, 0) is 30.5 Å². The lowest BCUT2D eigenvalue weighted by Crippen LogP contribution is -2.53. The van der Waals surface area contributed by atoms with Gasteiger partial charge in [0.15, 0.2) is 0 Å². The van der Waals surface area contributed by atoms with Crippen LogP contribution >= 0.6 is 0 Å². The monoisotopic (exact) mass is 470 g/mol. The van der Waals surface area contributed by atoms with Crippen LogP contribution in [0.5, 0.6) is 0 Å². The molecule has 0 radical (unpaired) electrons. The number of aromatic nitrogens is 1. The maximum atomic E-state index is 13.4. The zero-order valence-electron chi connectivity index (χ0n) is 19.2. The Bertz CT molecular complexity index is 1320. The molecule has 2 aromatic carbocycles. The van der Waals surface area contributed by atoms with Gasteiger partial charge in [0.1, 0.15) is 17.7 Å². The van der Waals surface area contributed by atoms with Crippen LogP contribution in [0.3, 0.4) is 0 Å². The van der Waals surface area contributed by atoms with Gasteiger partial charge in [-0.3, -0.25) is 19.2 Å². The summed E-state index contributed by atoms with van der Waals surface area (Å²) in [5, 5.41) is 2.78. The molecule has 1 N–H and O–H groups in total. The Morgan fingerprint density at radius 2 is 1.51 bits per heavy atom. The van der Waals surface area contributed by atoms with Crippen molar-refractivity contribution in [3.05, 3.63) is 100.0 Å². The molecule has 2 heterocycles. The zero-order valence-corrected chi connectivity index (χ0v) is 19.2. The minimum absolute atomic E-state index is 0.0621. The highest BCUT2D eigenvalue weighted by atomic mass is 16.2. The summed E-state index contributed by atoms with van der Waals surface area (Å²) in [6, 6.07) is 18.9. The minimum atomic E-state index is -0.615. The molecule has 1 saturated heterocycles. The Kier molecular flexibility index (Phi) is 6.18. The highest BCUT2D eigenvalue weighted by Crippen LogP contribution is 2.34. The maximum absolute atomic E-state index is 13.4. The van der Waals surface area contributed by atoms with Gasteiger partial charge >= 0.3 is 0 Å². The molecule has 0 atom stereocenters. The van der Waals surface area contributed by atoms with Gasteiger partial charge < -0.3 is 19.7 Å². The van der Waals surface area contributed by atoms with Gasteiger partial charge in [0.2, 0.25) is 11.3 Å². The van der Waals surface area contributed by atoms with Crippen molar-refractivity contribution in [3.63, 3.8) is 0 Å². The van der Waals surface area contributed by atoms with Gasteiger partial charge in [-0.25, -0.2) is 0 Å². The number of carbonyl (C=O) groups excluding carboxylic acids is 3. The summed E-state index contributed by atoms with van der Waals surface area (Å²) in [7, 11) is 0. The fourth-order valence-corrected chi connectivity index (χ4v) is 4.27. The molecule has 1 saturated carbocycles. The predicted octanol–water partition coefficient (Wildman–Crippen LogP) is 2.60. The molecule has 0 spiro atoms. The molecular weight excluding hydrogens is 444 g/mol. The third-order valence-electron chi connectivity index (χ3n) is 6.36. The normalized spacial score (nSPS) is 15.7. The van der Waals surface area contributed by atoms with Crippen molar-refractivity contribution in [2.24, 2.45) is 0 Å². The summed E-state index contributed by atoms with van der Waals surface area (Å²) in [4.78, 5) is 55.4. The van der Waals surface area contributed by atoms with Crippen molar-refractivity contribution >= 4 is 23.4 Å². The fraction of sp³-hybridized carbons (Fsp3) is 0.259. The number of carbonyl (C=O) groups is 3. The lowest BCUT2D eigenvalue weighted by molar-refractivity contribution is -0.120. The van der Waals surface area contributed by atoms with Crippen LogP contribution in [-0.4, -0.2) is 46.8 Å². The number of benzene rings is 2. The lowest BCUT2D eigenvalue weighted by atomic mass is 10.1. The minimum Gasteiger partial charge on any atom is -0.349 e. The first-order chi connectivity index (χ1) is 17.0. The van der Waals surface area contributed by atoms with Gasteiger partial charge in [0.25, 0.3) is 11.8 Å². The molecule has 35 heavy (non-hydrogen) atoms. The summed E-state index contributed by atoms with van der Waals surface area (Å²) in [6.45, 7) is 0.785. The van der Waals surface area contributed by atoms with Crippen LogP contribution in [-0.2, 0) is 11.3 Å². The van der Waals surface area contributed by atoms with Crippen LogP contribution in [0.25, 0.3) is 0 Å². The highest BCUT2D eigenvalue weighted by Gasteiger charge is 2.32. The van der Waals surface area contributed by atoms with Crippen molar-refractivity contribution in [2.75, 3.05) is 24.5 Å². The maximum Gasteiger partial charge on any atom is 0.259 e. The zero-order chi connectivity index (χ0) is 24.4. The van der Waals surface area contributed by atoms with Gasteiger partial charge in [0.05, 0.1) is 0 Å². The molecule has 8 heteroatoms. The number of hydrogen-bond acceptors (Lipinski definition) is 4. The molecule has 0 unspecified atom stereocenters. The van der Waals surface area contributed by atoms with E-state index in [0.717, 1.165) is 24.1 Å². The quantitative estimate of drug-likeness (QED) is 0.600. The number of pyridine rings is 1. The second-order valence-electron chi connectivity index (χ2n) is 8.87. The van der Waals surface area contributed by atoms with Crippen LogP contribution in [0, 0.1) is 0 Å². The molecule has 2 fully saturated rings. The molecule has 1 aliphatic heterocycles. The topological polar surface area (TPSA) is 91.7 Å². The first-order valence-corrected chi connectivity index (χ1v) is 11.7. The largest absolute Gasteiger partial charge is 0.349 e. The highest BCUT2D eigenvalue weighted by molar-refractivity contribution is 6.03. The fourth-order valence-electron chi connectivity index (χ4n) is 4.27. The Balaban J connectivity index is 1.37. The van der Waals surface area contributed by atoms with E-state index < -0.39 is 17.2 Å². The molecule has 1 aromatic heterocycles. The van der Waals surface area contributed by atoms with Crippen molar-refractivity contribution in [2.45, 2.75) is 25.4 Å². The van der Waals surface area contributed by atoms with Crippen molar-refractivity contribution in [3.8, 4) is 0 Å². The smallest absolute Gasteiger partial charge is 0.259 e. The Labute approximate surface area is 202 Å². The molecule has 5 rings (SSSR count). The number of nitrogens with zero attached hydrogens (tertiary/aromatic N) is 3. The van der Waals surface area contributed by atoms with Crippen molar-refractivity contribution in [1.82, 2.24) is 14.8 Å². The molecule has 8 nitrogen and oxygen atoms in total. The van der Waals surface area contributed by atoms with E-state index in [4.69, 9.17) is 0 Å². The number of rotatable bonds is 6. The second kappa shape index (κ2) is 9.58. The van der Waals surface area contributed by atoms with Crippen LogP contribution in [0.2, 0.25) is 0 Å². The molecular formula is C27H26N4O4. The Morgan fingerprint density at radius 3 is 2.17 bits per heavy atom. The average Bonchev–Trinajstić information content (AvgIpc) is 3.74. The van der Waals surface area contributed by atoms with Gasteiger partial charge in [-0.15, -0.1) is 0 Å². The van der Waals surface area contributed by atoms with Gasteiger partial charge in [-0.2, -0.15) is 0 Å². The summed E-state index contributed by atoms with van der Waals surface area (Å²) in [5.41, 5.74) is 0.928. The third kappa shape index (κ3) is 4.87. The van der Waals surface area contributed by atoms with E-state index in [0.29, 0.717) is 13.1 Å². The predicted molar refractivity (Wildman–Crippen MR) is 131 cm³/mol. The van der Waals surface area contributed by atoms with E-state index in [1.165, 1.54) is 17.3 Å². The standard InChI is InChI=1S/C27H26N4O4/c32-24-18-29(13-14-31(24)21-9-5-2-6-10-21)27(35)23-17-30(20-11-12-20)16-22(25(23)33)26(34)28-15-19-7-3-1-4-8-19/h1-10,16-17,20H,11-15,18H2,(H,28,34). The van der Waals surface area contributed by atoms with E-state index >= 15 is 0 Å². The number of para-hydroxylation sites is 1. The number of amides is 3. The number of piperazine rings is 1. The van der Waals surface area contributed by atoms with Crippen LogP contribution in [0.4, 0.5) is 5.69 Å². The van der Waals surface area contributed by atoms with Gasteiger partial charge in [0, 0.05) is 43.8 Å². The number of anilines is 1. The van der Waals surface area contributed by atoms with Crippen LogP contribution < -0.4 is 15.6 Å². The molecule has 178 valence electrons. The SMILES string of the molecule is O=C(NCc1ccccc1)c1cn(C2CC2)cc(C(=O)N2CCN(c3ccccc3)C(=O)C2)c1=O. The van der Waals surface area contributed by atoms with Crippen molar-refractivity contribution in [1.29, 1.82) is 0 Å². The summed E-state index contributed by atoms with van der Waals surface area (Å²) in [6.07, 6.45) is 4.92. The van der Waals surface area contributed by atoms with E-state index in [-0.39, 0.29) is 36.2 Å². The Morgan fingerprint density at radius 1 is 0.857 bits per heavy atom. The first kappa shape index (κ1) is 22.6. The van der Waals surface area contributed by atoms with Gasteiger partial charge in [-0.1, -0.05) is 48.5 Å². The second-order valence-corrected chi connectivity index (χ2v) is 8.87. The van der Waals surface area contributed by atoms with Crippen LogP contribution in [0.15, 0.2) is 77.9 Å². The molecule has 3 aromatic rings. The Hall–Kier alpha value is -4.20. The molecule has 3 amide bonds. The number of nitrogens with one attached hydrogen (secondary N) is 1. The van der Waals surface area contributed by atoms with E-state index in [2.05, 4.69) is 5.32 Å². The molecule has 0 bridgehead atoms. The molecule has 1 aliphatic carbocycles. The van der Waals surface area contributed by atoms with E-state index in [1.807, 2.05) is 60.7 Å². The van der Waals surface area contributed by atoms with Crippen LogP contribution in [0.1, 0.15) is 45.2 Å². The third-order valence-corrected chi connectivity index (χ3v) is 6.36.